The molecule has 2 amide bonds. The number of aliphatic hydroxyl groups excluding tert-OH is 1. The van der Waals surface area contributed by atoms with Crippen LogP contribution in [0.5, 0.6) is 0 Å². The summed E-state index contributed by atoms with van der Waals surface area (Å²) in [5.74, 6) is -2.54. The topological polar surface area (TPSA) is 91.3 Å². The van der Waals surface area contributed by atoms with Crippen LogP contribution in [-0.2, 0) is 38.8 Å². The van der Waals surface area contributed by atoms with Crippen LogP contribution in [-0.4, -0.2) is 65.2 Å². The first kappa shape index (κ1) is 37.2. The molecule has 0 saturated carbocycles. The molecule has 8 nitrogen and oxygen atoms in total. The van der Waals surface area contributed by atoms with Crippen LogP contribution in [0.3, 0.4) is 0 Å². The Hall–Kier alpha value is -4.55. The minimum absolute atomic E-state index is 0.0311. The molecule has 2 aliphatic heterocycles. The van der Waals surface area contributed by atoms with E-state index in [1.807, 2.05) is 91.0 Å². The van der Waals surface area contributed by atoms with Crippen molar-refractivity contribution in [3.8, 4) is 11.1 Å². The molecule has 0 radical (unpaired) electrons. The zero-order valence-electron chi connectivity index (χ0n) is 29.3. The number of halogens is 3. The predicted molar refractivity (Wildman–Crippen MR) is 190 cm³/mol. The van der Waals surface area contributed by atoms with Gasteiger partial charge in [0, 0.05) is 37.7 Å². The van der Waals surface area contributed by atoms with Crippen LogP contribution in [0.4, 0.5) is 13.2 Å². The number of carbonyl (C=O) groups is 2. The van der Waals surface area contributed by atoms with Crippen molar-refractivity contribution in [2.24, 2.45) is 5.92 Å². The predicted octanol–water partition coefficient (Wildman–Crippen LogP) is 6.94. The second-order valence-electron chi connectivity index (χ2n) is 13.7. The average Bonchev–Trinajstić information content (AvgIpc) is 3.65. The first-order chi connectivity index (χ1) is 25.0. The molecular formula is C41H44F3N3O5. The van der Waals surface area contributed by atoms with Crippen molar-refractivity contribution >= 4 is 11.8 Å². The summed E-state index contributed by atoms with van der Waals surface area (Å²) in [6.07, 6.45) is -5.48. The molecule has 4 aromatic carbocycles. The fraction of sp³-hybridized carbons (Fsp3) is 0.366. The molecule has 6 rings (SSSR count). The van der Waals surface area contributed by atoms with Crippen LogP contribution in [0, 0.1) is 5.92 Å². The number of nitrogens with one attached hydrogen (secondary N) is 1. The number of alkyl halides is 3. The maximum absolute atomic E-state index is 13.0. The molecular weight excluding hydrogens is 671 g/mol. The maximum Gasteiger partial charge on any atom is 0.471 e. The van der Waals surface area contributed by atoms with Crippen LogP contribution in [0.1, 0.15) is 60.0 Å². The van der Waals surface area contributed by atoms with Crippen molar-refractivity contribution < 1.29 is 37.3 Å². The normalized spacial score (nSPS) is 22.1. The van der Waals surface area contributed by atoms with Gasteiger partial charge in [0.15, 0.2) is 6.29 Å². The van der Waals surface area contributed by atoms with Crippen molar-refractivity contribution in [1.29, 1.82) is 0 Å². The van der Waals surface area contributed by atoms with E-state index in [1.165, 1.54) is 5.56 Å². The van der Waals surface area contributed by atoms with E-state index in [1.54, 1.807) is 0 Å². The van der Waals surface area contributed by atoms with Crippen LogP contribution in [0.2, 0.25) is 0 Å². The Kier molecular flexibility index (Phi) is 11.7. The van der Waals surface area contributed by atoms with Crippen molar-refractivity contribution in [3.05, 3.63) is 131 Å². The summed E-state index contributed by atoms with van der Waals surface area (Å²) < 4.78 is 52.4. The van der Waals surface area contributed by atoms with Gasteiger partial charge in [-0.15, -0.1) is 0 Å². The molecule has 2 saturated heterocycles. The molecule has 2 heterocycles. The molecule has 2 aliphatic rings. The third-order valence-corrected chi connectivity index (χ3v) is 9.88. The third kappa shape index (κ3) is 8.90. The zero-order valence-corrected chi connectivity index (χ0v) is 29.3. The quantitative estimate of drug-likeness (QED) is 0.175. The van der Waals surface area contributed by atoms with Gasteiger partial charge in [0.05, 0.1) is 18.8 Å². The number of hydrogen-bond acceptors (Lipinski definition) is 6. The van der Waals surface area contributed by atoms with E-state index in [0.29, 0.717) is 17.9 Å². The Bertz CT molecular complexity index is 1800. The van der Waals surface area contributed by atoms with E-state index in [-0.39, 0.29) is 44.2 Å². The highest BCUT2D eigenvalue weighted by molar-refractivity contribution is 5.90. The lowest BCUT2D eigenvalue weighted by molar-refractivity contribution is -0.276. The Morgan fingerprint density at radius 2 is 1.56 bits per heavy atom. The number of carbonyl (C=O) groups excluding carboxylic acids is 2. The minimum atomic E-state index is -5.02. The molecule has 0 aliphatic carbocycles. The van der Waals surface area contributed by atoms with E-state index in [0.717, 1.165) is 39.9 Å². The summed E-state index contributed by atoms with van der Waals surface area (Å²) in [6.45, 7) is 3.60. The summed E-state index contributed by atoms with van der Waals surface area (Å²) in [4.78, 5) is 27.5. The van der Waals surface area contributed by atoms with E-state index in [9.17, 15) is 27.9 Å². The lowest BCUT2D eigenvalue weighted by atomic mass is 9.90. The van der Waals surface area contributed by atoms with Crippen LogP contribution in [0.15, 0.2) is 103 Å². The summed E-state index contributed by atoms with van der Waals surface area (Å²) in [7, 11) is 2.09. The molecule has 52 heavy (non-hydrogen) atoms. The summed E-state index contributed by atoms with van der Waals surface area (Å²) >= 11 is 0. The van der Waals surface area contributed by atoms with Gasteiger partial charge in [0.1, 0.15) is 6.04 Å². The van der Waals surface area contributed by atoms with Gasteiger partial charge in [-0.1, -0.05) is 104 Å². The number of nitrogens with zero attached hydrogens (tertiary/aromatic N) is 2. The Labute approximate surface area is 302 Å². The standard InChI is InChI=1S/C41H44F3N3O5/c1-27-36(25-46(2)24-28-8-4-3-5-9-28)51-39(52-37(27)32-15-13-29(26-48)14-16-32)33-19-17-31(18-20-33)34-11-6-10-30(22-34)23-45-38(49)35-12-7-21-47(35)40(50)41(42,43)44/h3-6,8-11,13-20,22,27,35-37,39,48H,7,12,21,23-26H2,1-2H3,(H,45,49)/t27-,35+,36+,37+,39+/m1/s1. The molecule has 5 atom stereocenters. The Morgan fingerprint density at radius 1 is 0.865 bits per heavy atom. The van der Waals surface area contributed by atoms with Crippen molar-refractivity contribution in [2.75, 3.05) is 20.1 Å². The monoisotopic (exact) mass is 715 g/mol. The molecule has 2 fully saturated rings. The number of likely N-dealkylation sites (N-methyl/N-ethyl adjacent to an activating group) is 1. The maximum atomic E-state index is 13.0. The Morgan fingerprint density at radius 3 is 2.25 bits per heavy atom. The van der Waals surface area contributed by atoms with Gasteiger partial charge in [-0.3, -0.25) is 14.5 Å². The van der Waals surface area contributed by atoms with Crippen LogP contribution in [0.25, 0.3) is 11.1 Å². The largest absolute Gasteiger partial charge is 0.471 e. The smallest absolute Gasteiger partial charge is 0.392 e. The summed E-state index contributed by atoms with van der Waals surface area (Å²) in [6, 6.07) is 32.5. The van der Waals surface area contributed by atoms with Crippen LogP contribution >= 0.6 is 0 Å². The molecule has 0 unspecified atom stereocenters. The number of amides is 2. The molecule has 4 aromatic rings. The minimum Gasteiger partial charge on any atom is -0.392 e. The van der Waals surface area contributed by atoms with E-state index < -0.39 is 30.3 Å². The highest BCUT2D eigenvalue weighted by Crippen LogP contribution is 2.42. The first-order valence-corrected chi connectivity index (χ1v) is 17.6. The number of benzene rings is 4. The van der Waals surface area contributed by atoms with Gasteiger partial charge < -0.3 is 24.8 Å². The second kappa shape index (κ2) is 16.4. The average molecular weight is 716 g/mol. The number of likely N-dealkylation sites (tertiary alicyclic amines) is 1. The fourth-order valence-corrected chi connectivity index (χ4v) is 7.04. The summed E-state index contributed by atoms with van der Waals surface area (Å²) in [5, 5.41) is 12.3. The van der Waals surface area contributed by atoms with Crippen molar-refractivity contribution in [2.45, 2.75) is 70.2 Å². The molecule has 0 spiro atoms. The van der Waals surface area contributed by atoms with Gasteiger partial charge in [0.2, 0.25) is 5.91 Å². The highest BCUT2D eigenvalue weighted by Gasteiger charge is 2.47. The van der Waals surface area contributed by atoms with Gasteiger partial charge in [-0.25, -0.2) is 0 Å². The van der Waals surface area contributed by atoms with Gasteiger partial charge in [-0.05, 0) is 59.3 Å². The summed E-state index contributed by atoms with van der Waals surface area (Å²) in [5.41, 5.74) is 6.52. The third-order valence-electron chi connectivity index (χ3n) is 9.88. The first-order valence-electron chi connectivity index (χ1n) is 17.6. The molecule has 0 aromatic heterocycles. The fourth-order valence-electron chi connectivity index (χ4n) is 7.04. The van der Waals surface area contributed by atoms with E-state index in [2.05, 4.69) is 36.3 Å². The molecule has 2 N–H and O–H groups in total. The van der Waals surface area contributed by atoms with Crippen LogP contribution < -0.4 is 5.32 Å². The van der Waals surface area contributed by atoms with Crippen molar-refractivity contribution in [1.82, 2.24) is 15.1 Å². The second-order valence-corrected chi connectivity index (χ2v) is 13.7. The lowest BCUT2D eigenvalue weighted by Crippen LogP contribution is -2.50. The molecule has 11 heteroatoms. The van der Waals surface area contributed by atoms with Gasteiger partial charge >= 0.3 is 12.1 Å². The SMILES string of the molecule is C[C@@H]1[C@H](CN(C)Cc2ccccc2)O[C@H](c2ccc(-c3cccc(CNC(=O)[C@@H]4CCCN4C(=O)C(F)(F)F)c3)cc2)O[C@@H]1c1ccc(CO)cc1. The highest BCUT2D eigenvalue weighted by atomic mass is 19.4. The van der Waals surface area contributed by atoms with E-state index >= 15 is 0 Å². The zero-order chi connectivity index (χ0) is 36.8. The number of hydrogen-bond donors (Lipinski definition) is 2. The molecule has 0 bridgehead atoms. The van der Waals surface area contributed by atoms with E-state index in [4.69, 9.17) is 9.47 Å². The lowest BCUT2D eigenvalue weighted by Gasteiger charge is -2.42. The number of aliphatic hydroxyl groups is 1. The molecule has 274 valence electrons. The Balaban J connectivity index is 1.14. The van der Waals surface area contributed by atoms with Gasteiger partial charge in [0.25, 0.3) is 0 Å². The van der Waals surface area contributed by atoms with Gasteiger partial charge in [-0.2, -0.15) is 13.2 Å². The number of ether oxygens (including phenoxy) is 2. The number of rotatable bonds is 11. The van der Waals surface area contributed by atoms with Crippen molar-refractivity contribution in [3.63, 3.8) is 0 Å².